The number of nitrogens with one attached hydrogen (secondary N) is 2. The summed E-state index contributed by atoms with van der Waals surface area (Å²) in [6.07, 6.45) is 0.422. The molecule has 0 fully saturated rings. The van der Waals surface area contributed by atoms with E-state index in [0.717, 1.165) is 22.0 Å². The standard InChI is InChI=1S/C21H20Cl2N2O3/c1-12-7-15-9-14(21(27)25-18(15)8-13(12)2)5-6-24-20(26)11-28-19-4-3-16(22)10-17(19)23/h3-4,7-10H,5-6,11H2,1-2H3,(H,24,26)(H,25,27). The van der Waals surface area contributed by atoms with E-state index in [1.54, 1.807) is 18.2 Å². The zero-order valence-corrected chi connectivity index (χ0v) is 17.1. The summed E-state index contributed by atoms with van der Waals surface area (Å²) < 4.78 is 5.39. The number of benzene rings is 2. The normalized spacial score (nSPS) is 10.9. The number of hydrogen-bond acceptors (Lipinski definition) is 3. The van der Waals surface area contributed by atoms with Crippen LogP contribution in [0.4, 0.5) is 0 Å². The van der Waals surface area contributed by atoms with E-state index >= 15 is 0 Å². The van der Waals surface area contributed by atoms with Gasteiger partial charge in [0.2, 0.25) is 0 Å². The highest BCUT2D eigenvalue weighted by atomic mass is 35.5. The summed E-state index contributed by atoms with van der Waals surface area (Å²) in [5, 5.41) is 4.55. The van der Waals surface area contributed by atoms with Crippen LogP contribution in [-0.4, -0.2) is 24.0 Å². The van der Waals surface area contributed by atoms with Crippen molar-refractivity contribution in [3.8, 4) is 5.75 Å². The molecule has 5 nitrogen and oxygen atoms in total. The molecule has 0 unspecified atom stereocenters. The summed E-state index contributed by atoms with van der Waals surface area (Å²) in [5.41, 5.74) is 3.59. The summed E-state index contributed by atoms with van der Waals surface area (Å²) in [6, 6.07) is 10.7. The number of carbonyl (C=O) groups excluding carboxylic acids is 1. The second-order valence-electron chi connectivity index (χ2n) is 6.61. The molecular formula is C21H20Cl2N2O3. The van der Waals surface area contributed by atoms with Crippen molar-refractivity contribution >= 4 is 40.0 Å². The summed E-state index contributed by atoms with van der Waals surface area (Å²) >= 11 is 11.8. The quantitative estimate of drug-likeness (QED) is 0.630. The second kappa shape index (κ2) is 8.67. The predicted octanol–water partition coefficient (Wildman–Crippen LogP) is 4.19. The predicted molar refractivity (Wildman–Crippen MR) is 113 cm³/mol. The van der Waals surface area contributed by atoms with Crippen LogP contribution in [0.3, 0.4) is 0 Å². The van der Waals surface area contributed by atoms with Crippen LogP contribution in [0.1, 0.15) is 16.7 Å². The number of rotatable bonds is 6. The highest BCUT2D eigenvalue weighted by molar-refractivity contribution is 6.35. The molecule has 0 saturated heterocycles. The van der Waals surface area contributed by atoms with Gasteiger partial charge in [-0.05, 0) is 73.2 Å². The molecule has 0 spiro atoms. The number of aryl methyl sites for hydroxylation is 2. The number of carbonyl (C=O) groups is 1. The molecule has 3 rings (SSSR count). The van der Waals surface area contributed by atoms with Crippen LogP contribution in [0.5, 0.6) is 5.75 Å². The number of pyridine rings is 1. The number of H-pyrrole nitrogens is 1. The van der Waals surface area contributed by atoms with E-state index in [4.69, 9.17) is 27.9 Å². The Kier molecular flexibility index (Phi) is 6.27. The third kappa shape index (κ3) is 4.86. The van der Waals surface area contributed by atoms with Crippen LogP contribution in [0, 0.1) is 13.8 Å². The average molecular weight is 419 g/mol. The summed E-state index contributed by atoms with van der Waals surface area (Å²) in [6.45, 7) is 4.20. The first-order valence-corrected chi connectivity index (χ1v) is 9.57. The maximum atomic E-state index is 12.3. The molecule has 28 heavy (non-hydrogen) atoms. The molecule has 0 saturated carbocycles. The summed E-state index contributed by atoms with van der Waals surface area (Å²) in [7, 11) is 0. The molecule has 1 heterocycles. The lowest BCUT2D eigenvalue weighted by Gasteiger charge is -2.09. The minimum atomic E-state index is -0.297. The molecule has 0 radical (unpaired) electrons. The van der Waals surface area contributed by atoms with Gasteiger partial charge in [0.05, 0.1) is 5.02 Å². The smallest absolute Gasteiger partial charge is 0.257 e. The molecule has 146 valence electrons. The highest BCUT2D eigenvalue weighted by Gasteiger charge is 2.08. The van der Waals surface area contributed by atoms with Gasteiger partial charge in [-0.3, -0.25) is 9.59 Å². The van der Waals surface area contributed by atoms with Crippen LogP contribution < -0.4 is 15.6 Å². The molecule has 3 aromatic rings. The van der Waals surface area contributed by atoms with E-state index in [1.165, 1.54) is 0 Å². The zero-order chi connectivity index (χ0) is 20.3. The third-order valence-corrected chi connectivity index (χ3v) is 5.04. The molecule has 0 bridgehead atoms. The maximum absolute atomic E-state index is 12.3. The van der Waals surface area contributed by atoms with E-state index in [9.17, 15) is 9.59 Å². The molecule has 1 amide bonds. The molecule has 1 aromatic heterocycles. The second-order valence-corrected chi connectivity index (χ2v) is 7.45. The van der Waals surface area contributed by atoms with Gasteiger partial charge in [0.1, 0.15) is 5.75 Å². The zero-order valence-electron chi connectivity index (χ0n) is 15.6. The first kappa shape index (κ1) is 20.2. The van der Waals surface area contributed by atoms with Crippen molar-refractivity contribution in [1.82, 2.24) is 10.3 Å². The third-order valence-electron chi connectivity index (χ3n) is 4.50. The lowest BCUT2D eigenvalue weighted by Crippen LogP contribution is -2.31. The Bertz CT molecular complexity index is 1090. The number of amides is 1. The van der Waals surface area contributed by atoms with Crippen molar-refractivity contribution in [3.05, 3.63) is 73.5 Å². The van der Waals surface area contributed by atoms with Gasteiger partial charge < -0.3 is 15.0 Å². The first-order valence-electron chi connectivity index (χ1n) is 8.81. The monoisotopic (exact) mass is 418 g/mol. The first-order chi connectivity index (χ1) is 13.3. The maximum Gasteiger partial charge on any atom is 0.257 e. The Hall–Kier alpha value is -2.50. The van der Waals surface area contributed by atoms with E-state index in [0.29, 0.717) is 34.3 Å². The topological polar surface area (TPSA) is 71.2 Å². The SMILES string of the molecule is Cc1cc2cc(CCNC(=O)COc3ccc(Cl)cc3Cl)c(=O)[nH]c2cc1C. The Balaban J connectivity index is 1.57. The molecule has 2 N–H and O–H groups in total. The Morgan fingerprint density at radius 3 is 2.61 bits per heavy atom. The molecule has 0 aliphatic heterocycles. The van der Waals surface area contributed by atoms with Crippen LogP contribution in [-0.2, 0) is 11.2 Å². The fourth-order valence-corrected chi connectivity index (χ4v) is 3.29. The molecule has 2 aromatic carbocycles. The van der Waals surface area contributed by atoms with Crippen LogP contribution in [0.2, 0.25) is 10.0 Å². The number of ether oxygens (including phenoxy) is 1. The fourth-order valence-electron chi connectivity index (χ4n) is 2.83. The molecule has 0 aliphatic rings. The van der Waals surface area contributed by atoms with Crippen molar-refractivity contribution in [2.45, 2.75) is 20.3 Å². The van der Waals surface area contributed by atoms with Gasteiger partial charge in [0, 0.05) is 22.6 Å². The average Bonchev–Trinajstić information content (AvgIpc) is 2.63. The van der Waals surface area contributed by atoms with Gasteiger partial charge in [-0.1, -0.05) is 23.2 Å². The minimum Gasteiger partial charge on any atom is -0.482 e. The van der Waals surface area contributed by atoms with Gasteiger partial charge >= 0.3 is 0 Å². The van der Waals surface area contributed by atoms with Gasteiger partial charge in [0.25, 0.3) is 11.5 Å². The number of aromatic amines is 1. The van der Waals surface area contributed by atoms with E-state index in [1.807, 2.05) is 32.0 Å². The Labute approximate surface area is 172 Å². The van der Waals surface area contributed by atoms with Crippen molar-refractivity contribution < 1.29 is 9.53 Å². The molecule has 0 aliphatic carbocycles. The minimum absolute atomic E-state index is 0.144. The summed E-state index contributed by atoms with van der Waals surface area (Å²) in [4.78, 5) is 27.1. The highest BCUT2D eigenvalue weighted by Crippen LogP contribution is 2.27. The van der Waals surface area contributed by atoms with Crippen LogP contribution in [0.15, 0.2) is 41.2 Å². The lowest BCUT2D eigenvalue weighted by atomic mass is 10.0. The molecule has 7 heteroatoms. The van der Waals surface area contributed by atoms with Gasteiger partial charge in [-0.2, -0.15) is 0 Å². The summed E-state index contributed by atoms with van der Waals surface area (Å²) in [5.74, 6) is 0.0903. The van der Waals surface area contributed by atoms with Gasteiger partial charge in [0.15, 0.2) is 6.61 Å². The van der Waals surface area contributed by atoms with Crippen molar-refractivity contribution in [3.63, 3.8) is 0 Å². The van der Waals surface area contributed by atoms with Gasteiger partial charge in [-0.25, -0.2) is 0 Å². The number of halogens is 2. The lowest BCUT2D eigenvalue weighted by molar-refractivity contribution is -0.123. The van der Waals surface area contributed by atoms with Crippen molar-refractivity contribution in [1.29, 1.82) is 0 Å². The van der Waals surface area contributed by atoms with Crippen molar-refractivity contribution in [2.24, 2.45) is 0 Å². The molecule has 0 atom stereocenters. The van der Waals surface area contributed by atoms with Crippen LogP contribution in [0.25, 0.3) is 10.9 Å². The Morgan fingerprint density at radius 2 is 1.86 bits per heavy atom. The van der Waals surface area contributed by atoms with Crippen molar-refractivity contribution in [2.75, 3.05) is 13.2 Å². The number of fused-ring (bicyclic) bond motifs is 1. The van der Waals surface area contributed by atoms with E-state index in [-0.39, 0.29) is 18.1 Å². The van der Waals surface area contributed by atoms with E-state index in [2.05, 4.69) is 10.3 Å². The number of hydrogen-bond donors (Lipinski definition) is 2. The molecular weight excluding hydrogens is 399 g/mol. The Morgan fingerprint density at radius 1 is 1.11 bits per heavy atom. The van der Waals surface area contributed by atoms with E-state index < -0.39 is 0 Å². The van der Waals surface area contributed by atoms with Gasteiger partial charge in [-0.15, -0.1) is 0 Å². The largest absolute Gasteiger partial charge is 0.482 e. The number of aromatic nitrogens is 1. The van der Waals surface area contributed by atoms with Crippen LogP contribution >= 0.6 is 23.2 Å². The fraction of sp³-hybridized carbons (Fsp3) is 0.238.